The number of imide groups is 1. The summed E-state index contributed by atoms with van der Waals surface area (Å²) in [6.07, 6.45) is 2.45. The number of benzene rings is 1. The second-order valence-corrected chi connectivity index (χ2v) is 6.18. The van der Waals surface area contributed by atoms with Gasteiger partial charge in [0.1, 0.15) is 6.54 Å². The molecule has 1 aliphatic heterocycles. The highest BCUT2D eigenvalue weighted by Crippen LogP contribution is 2.19. The number of aryl methyl sites for hydroxylation is 1. The lowest BCUT2D eigenvalue weighted by Gasteiger charge is -2.18. The first kappa shape index (κ1) is 17.6. The van der Waals surface area contributed by atoms with E-state index in [0.29, 0.717) is 11.3 Å². The Hall–Kier alpha value is -3.22. The molecule has 26 heavy (non-hydrogen) atoms. The fraction of sp³-hybridized carbons (Fsp3) is 0.263. The zero-order chi connectivity index (χ0) is 18.7. The number of rotatable bonds is 5. The summed E-state index contributed by atoms with van der Waals surface area (Å²) < 4.78 is 0. The molecule has 2 N–H and O–H groups in total. The molecule has 7 nitrogen and oxygen atoms in total. The third-order valence-electron chi connectivity index (χ3n) is 4.24. The van der Waals surface area contributed by atoms with E-state index >= 15 is 0 Å². The molecular formula is C19H20N4O3. The second kappa shape index (κ2) is 7.35. The Labute approximate surface area is 151 Å². The van der Waals surface area contributed by atoms with Crippen LogP contribution >= 0.6 is 0 Å². The van der Waals surface area contributed by atoms with E-state index in [1.54, 1.807) is 30.5 Å². The third kappa shape index (κ3) is 3.72. The molecule has 1 aromatic carbocycles. The summed E-state index contributed by atoms with van der Waals surface area (Å²) in [5.74, 6) is -0.554. The average molecular weight is 352 g/mol. The SMILES string of the molecule is CCC(NC(=O)c1ccc(N2CC(=O)NC2=O)cc1)c1cc(C)ccn1. The number of anilines is 1. The lowest BCUT2D eigenvalue weighted by Crippen LogP contribution is -2.29. The highest BCUT2D eigenvalue weighted by molar-refractivity contribution is 6.12. The fourth-order valence-electron chi connectivity index (χ4n) is 2.82. The smallest absolute Gasteiger partial charge is 0.329 e. The summed E-state index contributed by atoms with van der Waals surface area (Å²) >= 11 is 0. The van der Waals surface area contributed by atoms with Gasteiger partial charge in [0.15, 0.2) is 0 Å². The molecular weight excluding hydrogens is 332 g/mol. The highest BCUT2D eigenvalue weighted by Gasteiger charge is 2.28. The van der Waals surface area contributed by atoms with Gasteiger partial charge in [0.05, 0.1) is 11.7 Å². The van der Waals surface area contributed by atoms with E-state index in [0.717, 1.165) is 17.7 Å². The van der Waals surface area contributed by atoms with Crippen LogP contribution in [0.15, 0.2) is 42.6 Å². The molecule has 1 aliphatic rings. The summed E-state index contributed by atoms with van der Waals surface area (Å²) in [5, 5.41) is 5.20. The summed E-state index contributed by atoms with van der Waals surface area (Å²) in [7, 11) is 0. The van der Waals surface area contributed by atoms with Gasteiger partial charge >= 0.3 is 6.03 Å². The van der Waals surface area contributed by atoms with E-state index in [-0.39, 0.29) is 24.4 Å². The summed E-state index contributed by atoms with van der Waals surface area (Å²) in [6, 6.07) is 9.82. The number of amides is 4. The van der Waals surface area contributed by atoms with E-state index in [1.807, 2.05) is 26.0 Å². The van der Waals surface area contributed by atoms with E-state index < -0.39 is 6.03 Å². The van der Waals surface area contributed by atoms with Crippen molar-refractivity contribution in [2.75, 3.05) is 11.4 Å². The molecule has 4 amide bonds. The topological polar surface area (TPSA) is 91.4 Å². The zero-order valence-corrected chi connectivity index (χ0v) is 14.7. The Morgan fingerprint density at radius 1 is 1.27 bits per heavy atom. The van der Waals surface area contributed by atoms with Crippen LogP contribution in [0.5, 0.6) is 0 Å². The van der Waals surface area contributed by atoms with E-state index in [2.05, 4.69) is 15.6 Å². The lowest BCUT2D eigenvalue weighted by atomic mass is 10.1. The van der Waals surface area contributed by atoms with Crippen LogP contribution in [0.25, 0.3) is 0 Å². The standard InChI is InChI=1S/C19H20N4O3/c1-3-15(16-10-12(2)8-9-20-16)21-18(25)13-4-6-14(7-5-13)23-11-17(24)22-19(23)26/h4-10,15H,3,11H2,1-2H3,(H,21,25)(H,22,24,26). The number of pyridine rings is 1. The van der Waals surface area contributed by atoms with Crippen LogP contribution in [0.3, 0.4) is 0 Å². The lowest BCUT2D eigenvalue weighted by molar-refractivity contribution is -0.117. The minimum atomic E-state index is -0.455. The van der Waals surface area contributed by atoms with Gasteiger partial charge in [-0.05, 0) is 55.3 Å². The highest BCUT2D eigenvalue weighted by atomic mass is 16.2. The third-order valence-corrected chi connectivity index (χ3v) is 4.24. The molecule has 3 rings (SSSR count). The first-order chi connectivity index (χ1) is 12.5. The molecule has 2 heterocycles. The molecule has 1 aromatic heterocycles. The Balaban J connectivity index is 1.71. The van der Waals surface area contributed by atoms with Crippen LogP contribution < -0.4 is 15.5 Å². The molecule has 0 radical (unpaired) electrons. The Kier molecular flexibility index (Phi) is 4.97. The van der Waals surface area contributed by atoms with Gasteiger partial charge in [-0.1, -0.05) is 6.92 Å². The van der Waals surface area contributed by atoms with Crippen LogP contribution in [0.1, 0.15) is 41.0 Å². The van der Waals surface area contributed by atoms with Crippen LogP contribution in [0.4, 0.5) is 10.5 Å². The van der Waals surface area contributed by atoms with E-state index in [1.165, 1.54) is 4.90 Å². The fourth-order valence-corrected chi connectivity index (χ4v) is 2.82. The first-order valence-corrected chi connectivity index (χ1v) is 8.42. The Morgan fingerprint density at radius 3 is 2.58 bits per heavy atom. The largest absolute Gasteiger partial charge is 0.344 e. The van der Waals surface area contributed by atoms with Crippen LogP contribution in [0, 0.1) is 6.92 Å². The molecule has 7 heteroatoms. The van der Waals surface area contributed by atoms with Crippen molar-refractivity contribution in [2.24, 2.45) is 0 Å². The monoisotopic (exact) mass is 352 g/mol. The number of hydrogen-bond acceptors (Lipinski definition) is 4. The molecule has 0 spiro atoms. The van der Waals surface area contributed by atoms with Crippen LogP contribution in [0.2, 0.25) is 0 Å². The summed E-state index contributed by atoms with van der Waals surface area (Å²) in [5.41, 5.74) is 2.96. The van der Waals surface area contributed by atoms with Gasteiger partial charge in [-0.15, -0.1) is 0 Å². The van der Waals surface area contributed by atoms with Crippen molar-refractivity contribution < 1.29 is 14.4 Å². The van der Waals surface area contributed by atoms with Gasteiger partial charge in [0.25, 0.3) is 5.91 Å². The predicted octanol–water partition coefficient (Wildman–Crippen LogP) is 2.33. The van der Waals surface area contributed by atoms with Crippen LogP contribution in [-0.2, 0) is 4.79 Å². The maximum absolute atomic E-state index is 12.5. The number of aromatic nitrogens is 1. The number of hydrogen-bond donors (Lipinski definition) is 2. The van der Waals surface area contributed by atoms with Crippen molar-refractivity contribution in [2.45, 2.75) is 26.3 Å². The molecule has 134 valence electrons. The van der Waals surface area contributed by atoms with Gasteiger partial charge in [-0.2, -0.15) is 0 Å². The maximum atomic E-state index is 12.5. The minimum absolute atomic E-state index is 0.0126. The van der Waals surface area contributed by atoms with Crippen molar-refractivity contribution >= 4 is 23.5 Å². The quantitative estimate of drug-likeness (QED) is 0.808. The molecule has 1 unspecified atom stereocenters. The Morgan fingerprint density at radius 2 is 2.00 bits per heavy atom. The number of carbonyl (C=O) groups is 3. The van der Waals surface area contributed by atoms with E-state index in [9.17, 15) is 14.4 Å². The number of nitrogens with one attached hydrogen (secondary N) is 2. The molecule has 1 saturated heterocycles. The van der Waals surface area contributed by atoms with E-state index in [4.69, 9.17) is 0 Å². The molecule has 0 aliphatic carbocycles. The van der Waals surface area contributed by atoms with Crippen LogP contribution in [-0.4, -0.2) is 29.4 Å². The molecule has 1 atom stereocenters. The predicted molar refractivity (Wildman–Crippen MR) is 96.8 cm³/mol. The molecule has 1 fully saturated rings. The van der Waals surface area contributed by atoms with Crippen molar-refractivity contribution in [3.05, 3.63) is 59.4 Å². The van der Waals surface area contributed by atoms with Crippen molar-refractivity contribution in [3.8, 4) is 0 Å². The van der Waals surface area contributed by atoms with Gasteiger partial charge in [-0.25, -0.2) is 4.79 Å². The van der Waals surface area contributed by atoms with Crippen molar-refractivity contribution in [3.63, 3.8) is 0 Å². The number of urea groups is 1. The van der Waals surface area contributed by atoms with Gasteiger partial charge < -0.3 is 5.32 Å². The second-order valence-electron chi connectivity index (χ2n) is 6.18. The normalized spacial score (nSPS) is 14.9. The molecule has 0 saturated carbocycles. The Bertz CT molecular complexity index is 848. The van der Waals surface area contributed by atoms with Gasteiger partial charge in [-0.3, -0.25) is 24.8 Å². The summed E-state index contributed by atoms with van der Waals surface area (Å²) in [4.78, 5) is 41.2. The van der Waals surface area contributed by atoms with Gasteiger partial charge in [0.2, 0.25) is 5.91 Å². The van der Waals surface area contributed by atoms with Crippen molar-refractivity contribution in [1.82, 2.24) is 15.6 Å². The number of carbonyl (C=O) groups excluding carboxylic acids is 3. The average Bonchev–Trinajstić information content (AvgIpc) is 2.97. The first-order valence-electron chi connectivity index (χ1n) is 8.42. The number of nitrogens with zero attached hydrogens (tertiary/aromatic N) is 2. The summed E-state index contributed by atoms with van der Waals surface area (Å²) in [6.45, 7) is 3.96. The molecule has 2 aromatic rings. The molecule has 0 bridgehead atoms. The van der Waals surface area contributed by atoms with Crippen molar-refractivity contribution in [1.29, 1.82) is 0 Å². The zero-order valence-electron chi connectivity index (χ0n) is 14.7. The van der Waals surface area contributed by atoms with Gasteiger partial charge in [0, 0.05) is 17.4 Å². The minimum Gasteiger partial charge on any atom is -0.344 e. The maximum Gasteiger partial charge on any atom is 0.329 e.